The minimum Gasteiger partial charge on any atom is -0.297 e. The van der Waals surface area contributed by atoms with E-state index in [1.165, 1.54) is 0 Å². The summed E-state index contributed by atoms with van der Waals surface area (Å²) in [5, 5.41) is 0. The first-order valence-corrected chi connectivity index (χ1v) is 6.41. The van der Waals surface area contributed by atoms with Gasteiger partial charge >= 0.3 is 0 Å². The van der Waals surface area contributed by atoms with Gasteiger partial charge in [0.1, 0.15) is 5.54 Å². The fourth-order valence-corrected chi connectivity index (χ4v) is 1.78. The molecule has 0 saturated heterocycles. The van der Waals surface area contributed by atoms with Gasteiger partial charge in [0.2, 0.25) is 0 Å². The first kappa shape index (κ1) is 13.6. The number of benzene rings is 1. The maximum Gasteiger partial charge on any atom is 0.189 e. The highest BCUT2D eigenvalue weighted by Crippen LogP contribution is 2.20. The number of hydrogen-bond donors (Lipinski definition) is 0. The summed E-state index contributed by atoms with van der Waals surface area (Å²) in [4.78, 5) is 27.4. The Morgan fingerprint density at radius 3 is 2.35 bits per heavy atom. The van der Waals surface area contributed by atoms with Crippen molar-refractivity contribution in [3.8, 4) is 0 Å². The van der Waals surface area contributed by atoms with Crippen LogP contribution in [0.3, 0.4) is 0 Å². The molecular weight excluding hydrogens is 234 g/mol. The van der Waals surface area contributed by atoms with Crippen LogP contribution in [0.2, 0.25) is 0 Å². The van der Waals surface area contributed by atoms with Crippen LogP contribution in [0.1, 0.15) is 24.2 Å². The van der Waals surface area contributed by atoms with Crippen molar-refractivity contribution in [2.75, 3.05) is 6.26 Å². The van der Waals surface area contributed by atoms with Crippen molar-refractivity contribution in [2.24, 2.45) is 4.99 Å². The molecule has 0 fully saturated rings. The number of aliphatic imine (C=N–C) groups is 1. The summed E-state index contributed by atoms with van der Waals surface area (Å²) in [7, 11) is 0. The van der Waals surface area contributed by atoms with E-state index in [9.17, 15) is 9.59 Å². The number of thioether (sulfide) groups is 1. The molecule has 0 atom stereocenters. The number of carbonyl (C=O) groups excluding carboxylic acids is 2. The van der Waals surface area contributed by atoms with E-state index in [2.05, 4.69) is 4.99 Å². The number of nitrogens with zero attached hydrogens (tertiary/aromatic N) is 1. The summed E-state index contributed by atoms with van der Waals surface area (Å²) < 4.78 is 0. The van der Waals surface area contributed by atoms with Crippen LogP contribution in [0.25, 0.3) is 0 Å². The topological polar surface area (TPSA) is 46.5 Å². The van der Waals surface area contributed by atoms with Gasteiger partial charge in [-0.1, -0.05) is 12.1 Å². The second-order valence-corrected chi connectivity index (χ2v) is 4.91. The maximum absolute atomic E-state index is 12.1. The quantitative estimate of drug-likeness (QED) is 0.349. The Bertz CT molecular complexity index is 435. The third-order valence-corrected chi connectivity index (χ3v) is 3.11. The van der Waals surface area contributed by atoms with Crippen LogP contribution >= 0.6 is 11.8 Å². The molecule has 90 valence electrons. The van der Waals surface area contributed by atoms with Crippen LogP contribution in [0, 0.1) is 0 Å². The molecule has 0 unspecified atom stereocenters. The third-order valence-electron chi connectivity index (χ3n) is 2.37. The monoisotopic (exact) mass is 249 g/mol. The van der Waals surface area contributed by atoms with E-state index in [-0.39, 0.29) is 5.78 Å². The van der Waals surface area contributed by atoms with Crippen molar-refractivity contribution in [1.29, 1.82) is 0 Å². The fraction of sp³-hybridized carbons (Fsp3) is 0.308. The predicted octanol–water partition coefficient (Wildman–Crippen LogP) is 2.64. The minimum atomic E-state index is -0.901. The molecule has 0 aromatic heterocycles. The van der Waals surface area contributed by atoms with Gasteiger partial charge in [-0.15, -0.1) is 11.8 Å². The summed E-state index contributed by atoms with van der Waals surface area (Å²) in [5.74, 6) is -0.0942. The smallest absolute Gasteiger partial charge is 0.189 e. The molecule has 0 amide bonds. The van der Waals surface area contributed by atoms with Crippen LogP contribution in [-0.4, -0.2) is 30.1 Å². The predicted molar refractivity (Wildman–Crippen MR) is 71.2 cm³/mol. The lowest BCUT2D eigenvalue weighted by atomic mass is 9.94. The van der Waals surface area contributed by atoms with Crippen molar-refractivity contribution in [3.63, 3.8) is 0 Å². The number of ketones is 1. The van der Waals surface area contributed by atoms with E-state index in [1.807, 2.05) is 18.4 Å². The van der Waals surface area contributed by atoms with Crippen molar-refractivity contribution in [1.82, 2.24) is 0 Å². The van der Waals surface area contributed by atoms with Crippen LogP contribution in [-0.2, 0) is 4.79 Å². The second kappa shape index (κ2) is 5.77. The van der Waals surface area contributed by atoms with Gasteiger partial charge in [0.15, 0.2) is 12.1 Å². The molecule has 0 N–H and O–H groups in total. The lowest BCUT2D eigenvalue weighted by molar-refractivity contribution is -0.102. The third kappa shape index (κ3) is 3.53. The van der Waals surface area contributed by atoms with Gasteiger partial charge < -0.3 is 0 Å². The molecule has 3 nitrogen and oxygen atoms in total. The standard InChI is InChI=1S/C13H15NO2S/c1-13(2,14-8-9-15)12(16)10-4-6-11(17-3)7-5-10/h4-9H,1-3H3. The molecule has 17 heavy (non-hydrogen) atoms. The van der Waals surface area contributed by atoms with Crippen molar-refractivity contribution < 1.29 is 9.59 Å². The number of hydrogen-bond acceptors (Lipinski definition) is 4. The van der Waals surface area contributed by atoms with E-state index in [0.717, 1.165) is 11.1 Å². The molecule has 0 aliphatic carbocycles. The molecule has 1 aromatic carbocycles. The first-order valence-electron chi connectivity index (χ1n) is 5.19. The average Bonchev–Trinajstić information content (AvgIpc) is 2.35. The molecule has 1 aromatic rings. The van der Waals surface area contributed by atoms with Gasteiger partial charge in [0.25, 0.3) is 0 Å². The zero-order valence-corrected chi connectivity index (χ0v) is 11.0. The van der Waals surface area contributed by atoms with Crippen LogP contribution in [0.15, 0.2) is 34.2 Å². The number of aldehydes is 1. The summed E-state index contributed by atoms with van der Waals surface area (Å²) >= 11 is 1.62. The molecule has 0 aliphatic heterocycles. The molecule has 0 radical (unpaired) electrons. The zero-order chi connectivity index (χ0) is 12.9. The van der Waals surface area contributed by atoms with Gasteiger partial charge in [0.05, 0.1) is 6.21 Å². The van der Waals surface area contributed by atoms with Gasteiger partial charge in [0, 0.05) is 10.5 Å². The van der Waals surface area contributed by atoms with Gasteiger partial charge in [-0.25, -0.2) is 0 Å². The molecule has 0 spiro atoms. The zero-order valence-electron chi connectivity index (χ0n) is 10.1. The van der Waals surface area contributed by atoms with E-state index in [1.54, 1.807) is 37.7 Å². The number of carbonyl (C=O) groups is 2. The van der Waals surface area contributed by atoms with Gasteiger partial charge in [-0.05, 0) is 32.2 Å². The van der Waals surface area contributed by atoms with Gasteiger partial charge in [-0.2, -0.15) is 0 Å². The van der Waals surface area contributed by atoms with E-state index < -0.39 is 5.54 Å². The Morgan fingerprint density at radius 2 is 1.88 bits per heavy atom. The van der Waals surface area contributed by atoms with Crippen molar-refractivity contribution in [3.05, 3.63) is 29.8 Å². The Balaban J connectivity index is 2.95. The highest BCUT2D eigenvalue weighted by Gasteiger charge is 2.26. The SMILES string of the molecule is CSc1ccc(C(=O)C(C)(C)N=CC=O)cc1. The fourth-order valence-electron chi connectivity index (χ4n) is 1.37. The lowest BCUT2D eigenvalue weighted by Crippen LogP contribution is -2.29. The summed E-state index contributed by atoms with van der Waals surface area (Å²) in [5.41, 5.74) is -0.294. The van der Waals surface area contributed by atoms with Crippen LogP contribution < -0.4 is 0 Å². The molecule has 0 saturated carbocycles. The van der Waals surface area contributed by atoms with Gasteiger partial charge in [-0.3, -0.25) is 14.6 Å². The van der Waals surface area contributed by atoms with Crippen LogP contribution in [0.4, 0.5) is 0 Å². The van der Waals surface area contributed by atoms with E-state index in [0.29, 0.717) is 11.8 Å². The molecular formula is C13H15NO2S. The number of rotatable bonds is 5. The van der Waals surface area contributed by atoms with Crippen molar-refractivity contribution >= 4 is 30.0 Å². The molecule has 0 bridgehead atoms. The Hall–Kier alpha value is -1.42. The maximum atomic E-state index is 12.1. The molecule has 0 aliphatic rings. The summed E-state index contributed by atoms with van der Waals surface area (Å²) in [6.07, 6.45) is 3.68. The van der Waals surface area contributed by atoms with E-state index in [4.69, 9.17) is 0 Å². The molecule has 4 heteroatoms. The first-order chi connectivity index (χ1) is 8.01. The minimum absolute atomic E-state index is 0.0942. The Kier molecular flexibility index (Phi) is 4.63. The Morgan fingerprint density at radius 1 is 1.29 bits per heavy atom. The second-order valence-electron chi connectivity index (χ2n) is 4.03. The largest absolute Gasteiger partial charge is 0.297 e. The summed E-state index contributed by atoms with van der Waals surface area (Å²) in [6, 6.07) is 7.37. The Labute approximate surface area is 105 Å². The van der Waals surface area contributed by atoms with Crippen LogP contribution in [0.5, 0.6) is 0 Å². The lowest BCUT2D eigenvalue weighted by Gasteiger charge is -2.17. The van der Waals surface area contributed by atoms with E-state index >= 15 is 0 Å². The summed E-state index contributed by atoms with van der Waals surface area (Å²) in [6.45, 7) is 3.38. The molecule has 1 rings (SSSR count). The highest BCUT2D eigenvalue weighted by molar-refractivity contribution is 7.98. The number of Topliss-reactive ketones (excluding diaryl/α,β-unsaturated/α-hetero) is 1. The molecule has 0 heterocycles. The highest BCUT2D eigenvalue weighted by atomic mass is 32.2. The van der Waals surface area contributed by atoms with Crippen molar-refractivity contribution in [2.45, 2.75) is 24.3 Å². The average molecular weight is 249 g/mol. The normalized spacial score (nSPS) is 11.7.